The number of hydrogen-bond donors (Lipinski definition) is 2. The highest BCUT2D eigenvalue weighted by molar-refractivity contribution is 8.00. The van der Waals surface area contributed by atoms with E-state index in [9.17, 15) is 22.8 Å². The van der Waals surface area contributed by atoms with Crippen molar-refractivity contribution >= 4 is 29.4 Å². The van der Waals surface area contributed by atoms with Crippen LogP contribution in [0.5, 0.6) is 0 Å². The van der Waals surface area contributed by atoms with Gasteiger partial charge in [-0.05, 0) is 44.0 Å². The van der Waals surface area contributed by atoms with E-state index in [1.54, 1.807) is 12.1 Å². The Balaban J connectivity index is 2.06. The van der Waals surface area contributed by atoms with E-state index in [2.05, 4.69) is 15.6 Å². The smallest absolute Gasteiger partial charge is 0.307 e. The molecular weight excluding hydrogens is 405 g/mol. The van der Waals surface area contributed by atoms with Crippen LogP contribution in [0.3, 0.4) is 0 Å². The molecule has 3 amide bonds. The van der Waals surface area contributed by atoms with Crippen molar-refractivity contribution in [3.63, 3.8) is 0 Å². The van der Waals surface area contributed by atoms with Crippen molar-refractivity contribution in [2.24, 2.45) is 0 Å². The molecular formula is C19H17F3N4O2S. The van der Waals surface area contributed by atoms with Gasteiger partial charge in [0.05, 0.1) is 16.9 Å². The van der Waals surface area contributed by atoms with Gasteiger partial charge in [-0.2, -0.15) is 18.4 Å². The summed E-state index contributed by atoms with van der Waals surface area (Å²) in [7, 11) is 0. The predicted molar refractivity (Wildman–Crippen MR) is 102 cm³/mol. The van der Waals surface area contributed by atoms with Crippen molar-refractivity contribution in [1.82, 2.24) is 10.3 Å². The number of urea groups is 1. The standard InChI is InChI=1S/C19H17F3N4O2S/c1-10-5-4-6-15(12(10)3)25-18(28)26-16(27)9-29-17-13(8-23)14(19(20,21)22)7-11(2)24-17/h4-7H,9H2,1-3H3,(H2,25,26,27,28). The van der Waals surface area contributed by atoms with Gasteiger partial charge in [-0.15, -0.1) is 0 Å². The normalized spacial score (nSPS) is 10.9. The molecule has 0 aliphatic carbocycles. The Morgan fingerprint density at radius 3 is 2.55 bits per heavy atom. The summed E-state index contributed by atoms with van der Waals surface area (Å²) in [6.45, 7) is 5.04. The predicted octanol–water partition coefficient (Wildman–Crippen LogP) is 4.34. The minimum atomic E-state index is -4.72. The highest BCUT2D eigenvalue weighted by Gasteiger charge is 2.35. The Morgan fingerprint density at radius 2 is 1.93 bits per heavy atom. The number of nitrogens with zero attached hydrogens (tertiary/aromatic N) is 2. The molecule has 29 heavy (non-hydrogen) atoms. The average Bonchev–Trinajstić information content (AvgIpc) is 2.62. The molecule has 0 radical (unpaired) electrons. The molecule has 1 aromatic carbocycles. The molecule has 0 atom stereocenters. The molecule has 2 rings (SSSR count). The maximum Gasteiger partial charge on any atom is 0.417 e. The maximum atomic E-state index is 13.1. The first-order valence-corrected chi connectivity index (χ1v) is 9.30. The lowest BCUT2D eigenvalue weighted by atomic mass is 10.1. The molecule has 6 nitrogen and oxygen atoms in total. The van der Waals surface area contributed by atoms with Gasteiger partial charge in [-0.1, -0.05) is 23.9 Å². The molecule has 1 aromatic heterocycles. The molecule has 152 valence electrons. The van der Waals surface area contributed by atoms with Crippen molar-refractivity contribution in [3.8, 4) is 6.07 Å². The number of benzene rings is 1. The summed E-state index contributed by atoms with van der Waals surface area (Å²) in [5.41, 5.74) is 0.632. The number of nitriles is 1. The topological polar surface area (TPSA) is 94.9 Å². The molecule has 0 saturated carbocycles. The number of hydrogen-bond acceptors (Lipinski definition) is 5. The lowest BCUT2D eigenvalue weighted by Crippen LogP contribution is -2.35. The van der Waals surface area contributed by atoms with E-state index in [1.807, 2.05) is 19.9 Å². The summed E-state index contributed by atoms with van der Waals surface area (Å²) in [6.07, 6.45) is -4.72. The summed E-state index contributed by atoms with van der Waals surface area (Å²) >= 11 is 0.652. The lowest BCUT2D eigenvalue weighted by molar-refractivity contribution is -0.138. The highest BCUT2D eigenvalue weighted by Crippen LogP contribution is 2.35. The zero-order valence-electron chi connectivity index (χ0n) is 15.8. The zero-order valence-corrected chi connectivity index (χ0v) is 16.6. The van der Waals surface area contributed by atoms with E-state index in [-0.39, 0.29) is 16.5 Å². The minimum absolute atomic E-state index is 0.0619. The van der Waals surface area contributed by atoms with Crippen LogP contribution in [0.4, 0.5) is 23.7 Å². The van der Waals surface area contributed by atoms with Crippen molar-refractivity contribution in [1.29, 1.82) is 5.26 Å². The fourth-order valence-electron chi connectivity index (χ4n) is 2.42. The van der Waals surface area contributed by atoms with E-state index in [0.29, 0.717) is 17.4 Å². The molecule has 0 saturated heterocycles. The summed E-state index contributed by atoms with van der Waals surface area (Å²) in [5.74, 6) is -1.12. The number of carbonyl (C=O) groups excluding carboxylic acids is 2. The number of aromatic nitrogens is 1. The van der Waals surface area contributed by atoms with Crippen molar-refractivity contribution < 1.29 is 22.8 Å². The van der Waals surface area contributed by atoms with Crippen LogP contribution in [-0.4, -0.2) is 22.7 Å². The minimum Gasteiger partial charge on any atom is -0.307 e. The van der Waals surface area contributed by atoms with Crippen LogP contribution in [0.15, 0.2) is 29.3 Å². The number of thioether (sulfide) groups is 1. The van der Waals surface area contributed by atoms with E-state index in [1.165, 1.54) is 13.0 Å². The number of imide groups is 1. The fourth-order valence-corrected chi connectivity index (χ4v) is 3.27. The molecule has 0 unspecified atom stereocenters. The quantitative estimate of drug-likeness (QED) is 0.715. The van der Waals surface area contributed by atoms with Gasteiger partial charge in [0.2, 0.25) is 5.91 Å². The van der Waals surface area contributed by atoms with Crippen molar-refractivity contribution in [2.75, 3.05) is 11.1 Å². The van der Waals surface area contributed by atoms with Crippen LogP contribution < -0.4 is 10.6 Å². The first-order valence-electron chi connectivity index (χ1n) is 8.31. The number of aryl methyl sites for hydroxylation is 2. The maximum absolute atomic E-state index is 13.1. The Morgan fingerprint density at radius 1 is 1.24 bits per heavy atom. The van der Waals surface area contributed by atoms with Crippen LogP contribution in [0, 0.1) is 32.1 Å². The number of rotatable bonds is 4. The Hall–Kier alpha value is -3.06. The van der Waals surface area contributed by atoms with E-state index >= 15 is 0 Å². The molecule has 10 heteroatoms. The Bertz CT molecular complexity index is 1000. The third-order valence-electron chi connectivity index (χ3n) is 3.98. The number of carbonyl (C=O) groups is 2. The highest BCUT2D eigenvalue weighted by atomic mass is 32.2. The largest absolute Gasteiger partial charge is 0.417 e. The third kappa shape index (κ3) is 5.71. The van der Waals surface area contributed by atoms with E-state index < -0.39 is 29.2 Å². The summed E-state index contributed by atoms with van der Waals surface area (Å²) in [6, 6.07) is 6.80. The summed E-state index contributed by atoms with van der Waals surface area (Å²) in [4.78, 5) is 27.9. The number of alkyl halides is 3. The fraction of sp³-hybridized carbons (Fsp3) is 0.263. The van der Waals surface area contributed by atoms with Gasteiger partial charge in [0.1, 0.15) is 11.1 Å². The molecule has 0 aliphatic rings. The van der Waals surface area contributed by atoms with Gasteiger partial charge in [0.15, 0.2) is 0 Å². The molecule has 2 aromatic rings. The van der Waals surface area contributed by atoms with Gasteiger partial charge in [0.25, 0.3) is 0 Å². The van der Waals surface area contributed by atoms with Gasteiger partial charge >= 0.3 is 12.2 Å². The van der Waals surface area contributed by atoms with E-state index in [0.717, 1.165) is 17.2 Å². The number of halogens is 3. The number of amides is 3. The van der Waals surface area contributed by atoms with Crippen molar-refractivity contribution in [3.05, 3.63) is 52.2 Å². The zero-order chi connectivity index (χ0) is 21.8. The van der Waals surface area contributed by atoms with Crippen LogP contribution >= 0.6 is 11.8 Å². The Labute approximate surface area is 169 Å². The summed E-state index contributed by atoms with van der Waals surface area (Å²) in [5, 5.41) is 13.5. The van der Waals surface area contributed by atoms with Crippen LogP contribution in [0.1, 0.15) is 27.9 Å². The molecule has 0 fully saturated rings. The molecule has 1 heterocycles. The summed E-state index contributed by atoms with van der Waals surface area (Å²) < 4.78 is 39.3. The van der Waals surface area contributed by atoms with Crippen LogP contribution in [-0.2, 0) is 11.0 Å². The first-order chi connectivity index (χ1) is 13.5. The molecule has 2 N–H and O–H groups in total. The second kappa shape index (κ2) is 8.96. The second-order valence-corrected chi connectivity index (χ2v) is 7.10. The first kappa shape index (κ1) is 22.2. The van der Waals surface area contributed by atoms with Gasteiger partial charge in [0, 0.05) is 11.4 Å². The number of pyridine rings is 1. The number of anilines is 1. The SMILES string of the molecule is Cc1cc(C(F)(F)F)c(C#N)c(SCC(=O)NC(=O)Nc2cccc(C)c2C)n1. The third-order valence-corrected chi connectivity index (χ3v) is 4.95. The van der Waals surface area contributed by atoms with Crippen molar-refractivity contribution in [2.45, 2.75) is 32.0 Å². The number of nitrogens with one attached hydrogen (secondary N) is 2. The molecule has 0 aliphatic heterocycles. The molecule has 0 spiro atoms. The van der Waals surface area contributed by atoms with Gasteiger partial charge in [-0.3, -0.25) is 10.1 Å². The Kier molecular flexibility index (Phi) is 6.87. The molecule has 0 bridgehead atoms. The van der Waals surface area contributed by atoms with Crippen LogP contribution in [0.25, 0.3) is 0 Å². The lowest BCUT2D eigenvalue weighted by Gasteiger charge is -2.13. The second-order valence-electron chi connectivity index (χ2n) is 6.14. The van der Waals surface area contributed by atoms with E-state index in [4.69, 9.17) is 5.26 Å². The van der Waals surface area contributed by atoms with Gasteiger partial charge < -0.3 is 5.32 Å². The average molecular weight is 422 g/mol. The van der Waals surface area contributed by atoms with Gasteiger partial charge in [-0.25, -0.2) is 9.78 Å². The van der Waals surface area contributed by atoms with Crippen LogP contribution in [0.2, 0.25) is 0 Å². The monoisotopic (exact) mass is 422 g/mol.